The molecular weight excluding hydrogens is 380 g/mol. The van der Waals surface area contributed by atoms with Crippen molar-refractivity contribution in [2.75, 3.05) is 14.1 Å². The van der Waals surface area contributed by atoms with Gasteiger partial charge in [0.1, 0.15) is 0 Å². The molecule has 180 valence electrons. The van der Waals surface area contributed by atoms with E-state index in [1.165, 1.54) is 77.0 Å². The van der Waals surface area contributed by atoms with E-state index in [9.17, 15) is 14.7 Å². The fraction of sp³-hybridized carbons (Fsp3) is 0.917. The van der Waals surface area contributed by atoms with E-state index >= 15 is 0 Å². The third-order valence-corrected chi connectivity index (χ3v) is 5.19. The molecule has 0 aliphatic heterocycles. The smallest absolute Gasteiger partial charge is 0.221 e. The number of aliphatic hydroxyl groups is 1. The molecule has 0 spiro atoms. The third-order valence-electron chi connectivity index (χ3n) is 5.19. The highest BCUT2D eigenvalue weighted by Crippen LogP contribution is 2.13. The molecule has 0 heterocycles. The molecule has 2 unspecified atom stereocenters. The lowest BCUT2D eigenvalue weighted by Crippen LogP contribution is -2.44. The first-order chi connectivity index (χ1) is 14.3. The Morgan fingerprint density at radius 2 is 1.20 bits per heavy atom. The van der Waals surface area contributed by atoms with Gasteiger partial charge in [0.25, 0.3) is 0 Å². The lowest BCUT2D eigenvalue weighted by atomic mass is 10.0. The van der Waals surface area contributed by atoms with Crippen molar-refractivity contribution >= 4 is 11.9 Å². The minimum atomic E-state index is -1.44. The monoisotopic (exact) mass is 429 g/mol. The van der Waals surface area contributed by atoms with Crippen LogP contribution in [0.25, 0.3) is 0 Å². The van der Waals surface area contributed by atoms with Crippen LogP contribution >= 0.6 is 0 Å². The van der Waals surface area contributed by atoms with Crippen LogP contribution in [0.4, 0.5) is 0 Å². The quantitative estimate of drug-likeness (QED) is 0.254. The number of amides is 1. The van der Waals surface area contributed by atoms with Crippen LogP contribution in [0.3, 0.4) is 0 Å². The fourth-order valence-electron chi connectivity index (χ4n) is 3.16. The molecule has 0 aromatic rings. The Bertz CT molecular complexity index is 401. The van der Waals surface area contributed by atoms with Gasteiger partial charge in [0.2, 0.25) is 5.91 Å². The molecule has 0 aliphatic carbocycles. The van der Waals surface area contributed by atoms with Gasteiger partial charge in [-0.05, 0) is 33.9 Å². The van der Waals surface area contributed by atoms with E-state index in [1.807, 2.05) is 14.1 Å². The third kappa shape index (κ3) is 23.1. The van der Waals surface area contributed by atoms with Crippen LogP contribution in [0.1, 0.15) is 117 Å². The lowest BCUT2D eigenvalue weighted by Gasteiger charge is -2.23. The molecule has 0 aliphatic rings. The van der Waals surface area contributed by atoms with Crippen molar-refractivity contribution < 1.29 is 19.8 Å². The Hall–Kier alpha value is -1.14. The van der Waals surface area contributed by atoms with Crippen LogP contribution in [0.2, 0.25) is 0 Å². The minimum Gasteiger partial charge on any atom is -0.547 e. The average molecular weight is 430 g/mol. The van der Waals surface area contributed by atoms with Crippen molar-refractivity contribution in [1.29, 1.82) is 0 Å². The van der Waals surface area contributed by atoms with E-state index < -0.39 is 12.1 Å². The second-order valence-electron chi connectivity index (χ2n) is 8.44. The van der Waals surface area contributed by atoms with Crippen LogP contribution in [-0.4, -0.2) is 48.2 Å². The fourth-order valence-corrected chi connectivity index (χ4v) is 3.16. The number of carbonyl (C=O) groups excluding carboxylic acids is 2. The van der Waals surface area contributed by atoms with E-state index in [4.69, 9.17) is 5.11 Å². The molecule has 1 amide bonds. The topological polar surface area (TPSA) is 92.7 Å². The highest BCUT2D eigenvalue weighted by molar-refractivity contribution is 5.76. The summed E-state index contributed by atoms with van der Waals surface area (Å²) >= 11 is 0. The molecule has 6 heteroatoms. The van der Waals surface area contributed by atoms with Crippen molar-refractivity contribution in [2.45, 2.75) is 129 Å². The summed E-state index contributed by atoms with van der Waals surface area (Å²) in [5, 5.41) is 20.4. The molecule has 2 atom stereocenters. The normalized spacial score (nSPS) is 12.8. The number of hydrogen-bond acceptors (Lipinski definition) is 5. The number of carboxylic acids is 1. The summed E-state index contributed by atoms with van der Waals surface area (Å²) in [5.74, 6) is -1.23. The van der Waals surface area contributed by atoms with Gasteiger partial charge in [-0.25, -0.2) is 0 Å². The molecular formula is C24H49N2O4-. The predicted molar refractivity (Wildman–Crippen MR) is 123 cm³/mol. The summed E-state index contributed by atoms with van der Waals surface area (Å²) in [5.41, 5.74) is 0. The highest BCUT2D eigenvalue weighted by Gasteiger charge is 2.11. The number of carbonyl (C=O) groups is 2. The SMILES string of the molecule is CC(O)C(=O)[O-].CCCCCCCCCCCCCCCC(=O)NC(CC)N(C)C. The van der Waals surface area contributed by atoms with E-state index in [1.54, 1.807) is 0 Å². The number of hydrogen-bond donors (Lipinski definition) is 2. The number of aliphatic hydroxyl groups excluding tert-OH is 1. The maximum atomic E-state index is 11.9. The first-order valence-corrected chi connectivity index (χ1v) is 12.1. The van der Waals surface area contributed by atoms with Gasteiger partial charge in [-0.3, -0.25) is 9.69 Å². The molecule has 2 N–H and O–H groups in total. The maximum Gasteiger partial charge on any atom is 0.221 e. The molecule has 0 rings (SSSR count). The summed E-state index contributed by atoms with van der Waals surface area (Å²) < 4.78 is 0. The van der Waals surface area contributed by atoms with E-state index in [-0.39, 0.29) is 12.1 Å². The number of carboxylic acid groups (broad SMARTS) is 1. The Morgan fingerprint density at radius 3 is 1.50 bits per heavy atom. The standard InChI is InChI=1S/C21H44N2O.C3H6O3/c1-5-7-8-9-10-11-12-13-14-15-16-17-18-19-21(24)22-20(6-2)23(3)4;1-2(4)3(5)6/h20H,5-19H2,1-4H3,(H,22,24);2,4H,1H3,(H,5,6)/p-1. The summed E-state index contributed by atoms with van der Waals surface area (Å²) in [7, 11) is 4.03. The van der Waals surface area contributed by atoms with Crippen molar-refractivity contribution in [3.05, 3.63) is 0 Å². The maximum absolute atomic E-state index is 11.9. The van der Waals surface area contributed by atoms with E-state index in [0.717, 1.165) is 19.8 Å². The zero-order chi connectivity index (χ0) is 23.2. The van der Waals surface area contributed by atoms with Gasteiger partial charge >= 0.3 is 0 Å². The van der Waals surface area contributed by atoms with Crippen LogP contribution in [0, 0.1) is 0 Å². The van der Waals surface area contributed by atoms with Crippen molar-refractivity contribution in [1.82, 2.24) is 10.2 Å². The summed E-state index contributed by atoms with van der Waals surface area (Å²) in [6.45, 7) is 5.52. The molecule has 30 heavy (non-hydrogen) atoms. The Labute approximate surface area is 185 Å². The van der Waals surface area contributed by atoms with Gasteiger partial charge in [-0.15, -0.1) is 0 Å². The predicted octanol–water partition coefficient (Wildman–Crippen LogP) is 4.00. The zero-order valence-electron chi connectivity index (χ0n) is 20.4. The van der Waals surface area contributed by atoms with E-state index in [0.29, 0.717) is 6.42 Å². The first kappa shape index (κ1) is 31.0. The van der Waals surface area contributed by atoms with Crippen LogP contribution in [0.5, 0.6) is 0 Å². The number of nitrogens with zero attached hydrogens (tertiary/aromatic N) is 1. The number of rotatable bonds is 18. The van der Waals surface area contributed by atoms with Crippen LogP contribution < -0.4 is 10.4 Å². The van der Waals surface area contributed by atoms with E-state index in [2.05, 4.69) is 24.1 Å². The lowest BCUT2D eigenvalue weighted by molar-refractivity contribution is -0.314. The first-order valence-electron chi connectivity index (χ1n) is 12.1. The molecule has 0 saturated heterocycles. The molecule has 0 saturated carbocycles. The van der Waals surface area contributed by atoms with Crippen LogP contribution in [-0.2, 0) is 9.59 Å². The number of unbranched alkanes of at least 4 members (excludes halogenated alkanes) is 12. The van der Waals surface area contributed by atoms with Crippen LogP contribution in [0.15, 0.2) is 0 Å². The second-order valence-corrected chi connectivity index (χ2v) is 8.44. The van der Waals surface area contributed by atoms with Gasteiger partial charge in [0.15, 0.2) is 0 Å². The summed E-state index contributed by atoms with van der Waals surface area (Å²) in [6.07, 6.45) is 18.0. The van der Waals surface area contributed by atoms with Crippen molar-refractivity contribution in [3.8, 4) is 0 Å². The molecule has 0 radical (unpaired) electrons. The second kappa shape index (κ2) is 22.5. The van der Waals surface area contributed by atoms with Crippen molar-refractivity contribution in [3.63, 3.8) is 0 Å². The Morgan fingerprint density at radius 1 is 0.833 bits per heavy atom. The Balaban J connectivity index is 0. The average Bonchev–Trinajstić information content (AvgIpc) is 2.69. The van der Waals surface area contributed by atoms with Gasteiger partial charge in [0, 0.05) is 6.42 Å². The largest absolute Gasteiger partial charge is 0.547 e. The van der Waals surface area contributed by atoms with Gasteiger partial charge in [0.05, 0.1) is 18.2 Å². The number of nitrogens with one attached hydrogen (secondary N) is 1. The van der Waals surface area contributed by atoms with Gasteiger partial charge < -0.3 is 20.3 Å². The summed E-state index contributed by atoms with van der Waals surface area (Å²) in [4.78, 5) is 23.3. The van der Waals surface area contributed by atoms with Gasteiger partial charge in [-0.1, -0.05) is 90.9 Å². The molecule has 0 aromatic carbocycles. The summed E-state index contributed by atoms with van der Waals surface area (Å²) in [6, 6.07) is 0. The zero-order valence-corrected chi connectivity index (χ0v) is 20.4. The molecule has 0 aromatic heterocycles. The molecule has 0 bridgehead atoms. The number of aliphatic carboxylic acids is 1. The molecule has 6 nitrogen and oxygen atoms in total. The highest BCUT2D eigenvalue weighted by atomic mass is 16.4. The molecule has 0 fully saturated rings. The minimum absolute atomic E-state index is 0.180. The van der Waals surface area contributed by atoms with Gasteiger partial charge in [-0.2, -0.15) is 0 Å². The van der Waals surface area contributed by atoms with Crippen molar-refractivity contribution in [2.24, 2.45) is 0 Å². The Kier molecular flexibility index (Phi) is 23.3.